The molecule has 5 heteroatoms. The summed E-state index contributed by atoms with van der Waals surface area (Å²) in [5.74, 6) is -2.84. The van der Waals surface area contributed by atoms with Crippen LogP contribution in [0.5, 0.6) is 0 Å². The van der Waals surface area contributed by atoms with Crippen molar-refractivity contribution in [3.05, 3.63) is 41.5 Å². The van der Waals surface area contributed by atoms with Gasteiger partial charge in [0.1, 0.15) is 11.6 Å². The molecule has 0 amide bonds. The Morgan fingerprint density at radius 1 is 1.32 bits per heavy atom. The number of carbonyl (C=O) groups is 1. The van der Waals surface area contributed by atoms with E-state index < -0.39 is 23.2 Å². The molecular weight excluding hydrogens is 252 g/mol. The average molecular weight is 267 g/mol. The van der Waals surface area contributed by atoms with E-state index in [0.29, 0.717) is 18.5 Å². The second-order valence-electron chi connectivity index (χ2n) is 4.65. The van der Waals surface area contributed by atoms with Gasteiger partial charge in [-0.25, -0.2) is 13.6 Å². The van der Waals surface area contributed by atoms with Gasteiger partial charge in [0.15, 0.2) is 0 Å². The summed E-state index contributed by atoms with van der Waals surface area (Å²) in [5, 5.41) is 11.7. The van der Waals surface area contributed by atoms with Crippen molar-refractivity contribution in [1.29, 1.82) is 0 Å². The zero-order valence-electron chi connectivity index (χ0n) is 10.3. The number of hydrogen-bond acceptors (Lipinski definition) is 2. The number of nitrogens with one attached hydrogen (secondary N) is 1. The summed E-state index contributed by atoms with van der Waals surface area (Å²) >= 11 is 0. The number of hydrogen-bond donors (Lipinski definition) is 2. The number of benzene rings is 1. The summed E-state index contributed by atoms with van der Waals surface area (Å²) in [6.07, 6.45) is 7.12. The first kappa shape index (κ1) is 13.5. The molecule has 3 nitrogen and oxygen atoms in total. The molecule has 0 spiro atoms. The van der Waals surface area contributed by atoms with Crippen LogP contribution >= 0.6 is 0 Å². The monoisotopic (exact) mass is 267 g/mol. The number of aromatic carboxylic acids is 1. The normalized spacial score (nSPS) is 18.3. The van der Waals surface area contributed by atoms with Gasteiger partial charge in [0.25, 0.3) is 0 Å². The van der Waals surface area contributed by atoms with Gasteiger partial charge in [0.2, 0.25) is 0 Å². The minimum atomic E-state index is -1.40. The number of anilines is 1. The number of carboxylic acid groups (broad SMARTS) is 1. The standard InChI is InChI=1S/C14H15F2NO2/c15-11-7-12(16)13(6-10(11)14(18)19)17-8-9-4-2-1-3-5-9/h1-2,6-7,9,17H,3-5,8H2,(H,18,19). The highest BCUT2D eigenvalue weighted by atomic mass is 19.1. The quantitative estimate of drug-likeness (QED) is 0.822. The summed E-state index contributed by atoms with van der Waals surface area (Å²) in [6, 6.07) is 1.61. The molecule has 0 saturated carbocycles. The van der Waals surface area contributed by atoms with Gasteiger partial charge in [-0.3, -0.25) is 0 Å². The number of rotatable bonds is 4. The minimum absolute atomic E-state index is 0.0355. The van der Waals surface area contributed by atoms with Gasteiger partial charge in [-0.05, 0) is 31.2 Å². The fraction of sp³-hybridized carbons (Fsp3) is 0.357. The molecule has 1 aliphatic rings. The molecule has 0 aliphatic heterocycles. The maximum absolute atomic E-state index is 13.5. The second-order valence-corrected chi connectivity index (χ2v) is 4.65. The van der Waals surface area contributed by atoms with Crippen molar-refractivity contribution in [2.24, 2.45) is 5.92 Å². The van der Waals surface area contributed by atoms with Crippen molar-refractivity contribution in [3.63, 3.8) is 0 Å². The first-order valence-corrected chi connectivity index (χ1v) is 6.19. The van der Waals surface area contributed by atoms with Crippen molar-refractivity contribution in [3.8, 4) is 0 Å². The lowest BCUT2D eigenvalue weighted by molar-refractivity contribution is 0.0692. The van der Waals surface area contributed by atoms with Crippen molar-refractivity contribution >= 4 is 11.7 Å². The van der Waals surface area contributed by atoms with E-state index >= 15 is 0 Å². The molecule has 1 aromatic rings. The van der Waals surface area contributed by atoms with Crippen molar-refractivity contribution < 1.29 is 18.7 Å². The second kappa shape index (κ2) is 5.82. The number of halogens is 2. The van der Waals surface area contributed by atoms with Crippen molar-refractivity contribution in [2.75, 3.05) is 11.9 Å². The van der Waals surface area contributed by atoms with Gasteiger partial charge in [-0.2, -0.15) is 0 Å². The van der Waals surface area contributed by atoms with Crippen LogP contribution in [0.2, 0.25) is 0 Å². The first-order valence-electron chi connectivity index (χ1n) is 6.19. The number of allylic oxidation sites excluding steroid dienone is 2. The van der Waals surface area contributed by atoms with E-state index in [-0.39, 0.29) is 5.69 Å². The van der Waals surface area contributed by atoms with Gasteiger partial charge in [-0.1, -0.05) is 12.2 Å². The first-order chi connectivity index (χ1) is 9.08. The molecule has 102 valence electrons. The van der Waals surface area contributed by atoms with E-state index in [2.05, 4.69) is 17.5 Å². The molecule has 1 aliphatic carbocycles. The van der Waals surface area contributed by atoms with Crippen LogP contribution in [-0.4, -0.2) is 17.6 Å². The Morgan fingerprint density at radius 3 is 2.74 bits per heavy atom. The van der Waals surface area contributed by atoms with E-state index in [1.807, 2.05) is 0 Å². The Kier molecular flexibility index (Phi) is 4.14. The van der Waals surface area contributed by atoms with Crippen LogP contribution in [0, 0.1) is 17.6 Å². The molecule has 0 bridgehead atoms. The highest BCUT2D eigenvalue weighted by Gasteiger charge is 2.16. The van der Waals surface area contributed by atoms with Gasteiger partial charge in [0, 0.05) is 12.6 Å². The smallest absolute Gasteiger partial charge is 0.338 e. The Labute approximate surface area is 109 Å². The fourth-order valence-corrected chi connectivity index (χ4v) is 2.14. The Bertz CT molecular complexity index is 514. The summed E-state index contributed by atoms with van der Waals surface area (Å²) in [4.78, 5) is 10.8. The molecule has 0 saturated heterocycles. The molecule has 0 radical (unpaired) electrons. The third kappa shape index (κ3) is 3.30. The molecule has 0 heterocycles. The summed E-state index contributed by atoms with van der Waals surface area (Å²) < 4.78 is 26.8. The molecule has 2 rings (SSSR count). The zero-order chi connectivity index (χ0) is 13.8. The molecule has 19 heavy (non-hydrogen) atoms. The maximum atomic E-state index is 13.5. The highest BCUT2D eigenvalue weighted by molar-refractivity contribution is 5.89. The average Bonchev–Trinajstić information content (AvgIpc) is 2.38. The Balaban J connectivity index is 2.09. The van der Waals surface area contributed by atoms with Crippen molar-refractivity contribution in [2.45, 2.75) is 19.3 Å². The fourth-order valence-electron chi connectivity index (χ4n) is 2.14. The van der Waals surface area contributed by atoms with Gasteiger partial charge >= 0.3 is 5.97 Å². The Hall–Kier alpha value is -1.91. The summed E-state index contributed by atoms with van der Waals surface area (Å²) in [7, 11) is 0. The Morgan fingerprint density at radius 2 is 2.11 bits per heavy atom. The van der Waals surface area contributed by atoms with Crippen LogP contribution in [-0.2, 0) is 0 Å². The van der Waals surface area contributed by atoms with Crippen LogP contribution in [0.1, 0.15) is 29.6 Å². The van der Waals surface area contributed by atoms with Crippen molar-refractivity contribution in [1.82, 2.24) is 0 Å². The van der Waals surface area contributed by atoms with E-state index in [4.69, 9.17) is 5.11 Å². The maximum Gasteiger partial charge on any atom is 0.338 e. The van der Waals surface area contributed by atoms with E-state index in [0.717, 1.165) is 25.3 Å². The number of carboxylic acids is 1. The van der Waals surface area contributed by atoms with E-state index in [1.165, 1.54) is 0 Å². The topological polar surface area (TPSA) is 49.3 Å². The van der Waals surface area contributed by atoms with E-state index in [9.17, 15) is 13.6 Å². The summed E-state index contributed by atoms with van der Waals surface area (Å²) in [6.45, 7) is 0.548. The molecule has 1 unspecified atom stereocenters. The predicted octanol–water partition coefficient (Wildman–Crippen LogP) is 3.43. The van der Waals surface area contributed by atoms with Crippen LogP contribution in [0.4, 0.5) is 14.5 Å². The molecule has 0 aromatic heterocycles. The SMILES string of the molecule is O=C(O)c1cc(NCC2CC=CCC2)c(F)cc1F. The van der Waals surface area contributed by atoms with Gasteiger partial charge in [0.05, 0.1) is 11.3 Å². The lowest BCUT2D eigenvalue weighted by Gasteiger charge is -2.19. The predicted molar refractivity (Wildman–Crippen MR) is 68.3 cm³/mol. The third-order valence-electron chi connectivity index (χ3n) is 3.25. The van der Waals surface area contributed by atoms with Crippen LogP contribution in [0.3, 0.4) is 0 Å². The molecule has 1 atom stereocenters. The third-order valence-corrected chi connectivity index (χ3v) is 3.25. The molecule has 1 aromatic carbocycles. The summed E-state index contributed by atoms with van der Waals surface area (Å²) in [5.41, 5.74) is -0.485. The van der Waals surface area contributed by atoms with E-state index in [1.54, 1.807) is 0 Å². The molecular formula is C14H15F2NO2. The van der Waals surface area contributed by atoms with Gasteiger partial charge in [-0.15, -0.1) is 0 Å². The lowest BCUT2D eigenvalue weighted by Crippen LogP contribution is -2.16. The van der Waals surface area contributed by atoms with Crippen LogP contribution in [0.15, 0.2) is 24.3 Å². The molecule has 0 fully saturated rings. The highest BCUT2D eigenvalue weighted by Crippen LogP contribution is 2.22. The van der Waals surface area contributed by atoms with Crippen LogP contribution < -0.4 is 5.32 Å². The minimum Gasteiger partial charge on any atom is -0.478 e. The largest absolute Gasteiger partial charge is 0.478 e. The zero-order valence-corrected chi connectivity index (χ0v) is 10.3. The lowest BCUT2D eigenvalue weighted by atomic mass is 9.94. The van der Waals surface area contributed by atoms with Crippen LogP contribution in [0.25, 0.3) is 0 Å². The molecule has 2 N–H and O–H groups in total. The van der Waals surface area contributed by atoms with Gasteiger partial charge < -0.3 is 10.4 Å².